The van der Waals surface area contributed by atoms with Crippen molar-refractivity contribution in [2.75, 3.05) is 26.2 Å². The first kappa shape index (κ1) is 21.3. The number of piperidine rings is 1. The van der Waals surface area contributed by atoms with Gasteiger partial charge in [-0.1, -0.05) is 17.7 Å². The lowest BCUT2D eigenvalue weighted by molar-refractivity contribution is -0.918. The predicted molar refractivity (Wildman–Crippen MR) is 110 cm³/mol. The van der Waals surface area contributed by atoms with Gasteiger partial charge in [0.1, 0.15) is 0 Å². The molecule has 0 aromatic heterocycles. The first-order valence-electron chi connectivity index (χ1n) is 10.5. The van der Waals surface area contributed by atoms with E-state index in [1.807, 2.05) is 26.0 Å². The summed E-state index contributed by atoms with van der Waals surface area (Å²) in [7, 11) is -3.46. The maximum absolute atomic E-state index is 13.1. The van der Waals surface area contributed by atoms with Gasteiger partial charge in [-0.3, -0.25) is 4.79 Å². The molecule has 1 N–H and O–H groups in total. The summed E-state index contributed by atoms with van der Waals surface area (Å²) in [6.07, 6.45) is 3.32. The molecule has 0 bridgehead atoms. The molecule has 156 valence electrons. The zero-order chi connectivity index (χ0) is 20.5. The number of carbonyl (C=O) groups excluding carboxylic acids is 1. The van der Waals surface area contributed by atoms with E-state index in [2.05, 4.69) is 18.7 Å². The summed E-state index contributed by atoms with van der Waals surface area (Å²) in [5, 5.41) is 0. The molecule has 2 saturated heterocycles. The topological polar surface area (TPSA) is 62.1 Å². The second-order valence-electron chi connectivity index (χ2n) is 8.47. The maximum Gasteiger partial charge on any atom is 0.281 e. The molecule has 2 heterocycles. The van der Waals surface area contributed by atoms with Crippen molar-refractivity contribution in [2.45, 2.75) is 70.0 Å². The van der Waals surface area contributed by atoms with Gasteiger partial charge in [-0.2, -0.15) is 4.31 Å². The molecule has 0 aliphatic carbocycles. The van der Waals surface area contributed by atoms with Crippen LogP contribution in [-0.4, -0.2) is 67.8 Å². The summed E-state index contributed by atoms with van der Waals surface area (Å²) in [5.74, 6) is 0.213. The van der Waals surface area contributed by atoms with Crippen LogP contribution < -0.4 is 4.90 Å². The second-order valence-corrected chi connectivity index (χ2v) is 10.4. The number of aryl methyl sites for hydroxylation is 1. The van der Waals surface area contributed by atoms with Gasteiger partial charge < -0.3 is 9.80 Å². The number of quaternary nitrogens is 1. The van der Waals surface area contributed by atoms with Crippen LogP contribution in [0.4, 0.5) is 0 Å². The average Bonchev–Trinajstić information content (AvgIpc) is 2.67. The summed E-state index contributed by atoms with van der Waals surface area (Å²) in [5.41, 5.74) is 1.04. The minimum Gasteiger partial charge on any atom is -0.332 e. The standard InChI is InChI=1S/C21H33N3O3S/c1-16-8-10-20(11-9-16)28(26,27)23-14-12-22(13-15-23)19(4)21(25)24-17(2)6-5-7-18(24)3/h8-11,17-19H,5-7,12-15H2,1-4H3/p+1/t17-,18+,19-/m0/s1. The van der Waals surface area contributed by atoms with Crippen LogP contribution >= 0.6 is 0 Å². The Labute approximate surface area is 169 Å². The van der Waals surface area contributed by atoms with Crippen LogP contribution in [0.1, 0.15) is 45.6 Å². The Morgan fingerprint density at radius 1 is 1.07 bits per heavy atom. The number of nitrogens with one attached hydrogen (secondary N) is 1. The lowest BCUT2D eigenvalue weighted by atomic mass is 9.96. The quantitative estimate of drug-likeness (QED) is 0.811. The number of likely N-dealkylation sites (tertiary alicyclic amines) is 1. The number of nitrogens with zero attached hydrogens (tertiary/aromatic N) is 2. The number of carbonyl (C=O) groups is 1. The predicted octanol–water partition coefficient (Wildman–Crippen LogP) is 1.06. The maximum atomic E-state index is 13.1. The molecule has 2 fully saturated rings. The molecule has 7 heteroatoms. The summed E-state index contributed by atoms with van der Waals surface area (Å²) < 4.78 is 27.3. The highest BCUT2D eigenvalue weighted by atomic mass is 32.2. The molecule has 0 unspecified atom stereocenters. The summed E-state index contributed by atoms with van der Waals surface area (Å²) in [6, 6.07) is 7.46. The van der Waals surface area contributed by atoms with Crippen LogP contribution in [0.2, 0.25) is 0 Å². The van der Waals surface area contributed by atoms with E-state index < -0.39 is 10.0 Å². The molecule has 3 rings (SSSR count). The van der Waals surface area contributed by atoms with E-state index in [1.54, 1.807) is 16.4 Å². The lowest BCUT2D eigenvalue weighted by Gasteiger charge is -2.42. The summed E-state index contributed by atoms with van der Waals surface area (Å²) >= 11 is 0. The van der Waals surface area contributed by atoms with E-state index in [9.17, 15) is 13.2 Å². The molecule has 3 atom stereocenters. The highest BCUT2D eigenvalue weighted by molar-refractivity contribution is 7.89. The van der Waals surface area contributed by atoms with Crippen molar-refractivity contribution in [3.63, 3.8) is 0 Å². The molecule has 6 nitrogen and oxygen atoms in total. The van der Waals surface area contributed by atoms with Crippen LogP contribution in [0.15, 0.2) is 29.2 Å². The summed E-state index contributed by atoms with van der Waals surface area (Å²) in [4.78, 5) is 16.7. The number of sulfonamides is 1. The average molecular weight is 409 g/mol. The van der Waals surface area contributed by atoms with Crippen molar-refractivity contribution in [3.05, 3.63) is 29.8 Å². The molecule has 0 spiro atoms. The number of hydrogen-bond donors (Lipinski definition) is 1. The Hall–Kier alpha value is -1.44. The van der Waals surface area contributed by atoms with Crippen LogP contribution in [0.25, 0.3) is 0 Å². The van der Waals surface area contributed by atoms with Crippen molar-refractivity contribution in [1.82, 2.24) is 9.21 Å². The van der Waals surface area contributed by atoms with Crippen LogP contribution in [0, 0.1) is 6.92 Å². The first-order chi connectivity index (χ1) is 13.2. The zero-order valence-electron chi connectivity index (χ0n) is 17.5. The molecule has 0 saturated carbocycles. The number of hydrogen-bond acceptors (Lipinski definition) is 3. The van der Waals surface area contributed by atoms with Gasteiger partial charge in [0, 0.05) is 12.1 Å². The minimum atomic E-state index is -3.46. The Bertz CT molecular complexity index is 776. The Balaban J connectivity index is 1.63. The molecular formula is C21H34N3O3S+. The zero-order valence-corrected chi connectivity index (χ0v) is 18.3. The van der Waals surface area contributed by atoms with Gasteiger partial charge in [0.25, 0.3) is 5.91 Å². The number of rotatable bonds is 4. The Morgan fingerprint density at radius 3 is 2.14 bits per heavy atom. The highest BCUT2D eigenvalue weighted by Gasteiger charge is 2.39. The highest BCUT2D eigenvalue weighted by Crippen LogP contribution is 2.23. The molecule has 2 aliphatic heterocycles. The first-order valence-corrected chi connectivity index (χ1v) is 11.9. The normalized spacial score (nSPS) is 26.2. The van der Waals surface area contributed by atoms with Crippen molar-refractivity contribution in [3.8, 4) is 0 Å². The second kappa shape index (κ2) is 8.51. The van der Waals surface area contributed by atoms with Crippen molar-refractivity contribution in [1.29, 1.82) is 0 Å². The fourth-order valence-electron chi connectivity index (χ4n) is 4.56. The molecule has 2 aliphatic rings. The molecule has 1 aromatic carbocycles. The fraction of sp³-hybridized carbons (Fsp3) is 0.667. The third-order valence-electron chi connectivity index (χ3n) is 6.45. The van der Waals surface area contributed by atoms with Gasteiger partial charge in [-0.05, 0) is 59.1 Å². The van der Waals surface area contributed by atoms with Crippen molar-refractivity contribution < 1.29 is 18.1 Å². The van der Waals surface area contributed by atoms with Gasteiger partial charge in [-0.25, -0.2) is 8.42 Å². The third-order valence-corrected chi connectivity index (χ3v) is 8.37. The Kier molecular flexibility index (Phi) is 6.47. The van der Waals surface area contributed by atoms with Crippen LogP contribution in [0.3, 0.4) is 0 Å². The Morgan fingerprint density at radius 2 is 1.61 bits per heavy atom. The third kappa shape index (κ3) is 4.26. The van der Waals surface area contributed by atoms with E-state index in [0.717, 1.165) is 18.4 Å². The molecule has 1 amide bonds. The van der Waals surface area contributed by atoms with Crippen molar-refractivity contribution >= 4 is 15.9 Å². The molecular weight excluding hydrogens is 374 g/mol. The van der Waals surface area contributed by atoms with Crippen LogP contribution in [-0.2, 0) is 14.8 Å². The fourth-order valence-corrected chi connectivity index (χ4v) is 6.00. The van der Waals surface area contributed by atoms with Crippen LogP contribution in [0.5, 0.6) is 0 Å². The number of amides is 1. The largest absolute Gasteiger partial charge is 0.332 e. The number of piperazine rings is 1. The lowest BCUT2D eigenvalue weighted by Crippen LogP contribution is -3.19. The van der Waals surface area contributed by atoms with Gasteiger partial charge in [-0.15, -0.1) is 0 Å². The smallest absolute Gasteiger partial charge is 0.281 e. The minimum absolute atomic E-state index is 0.132. The summed E-state index contributed by atoms with van der Waals surface area (Å²) in [6.45, 7) is 10.5. The van der Waals surface area contributed by atoms with E-state index in [-0.39, 0.29) is 11.9 Å². The SMILES string of the molecule is Cc1ccc(S(=O)(=O)N2CC[NH+]([C@@H](C)C(=O)N3[C@H](C)CCC[C@@H]3C)CC2)cc1. The monoisotopic (exact) mass is 408 g/mol. The van der Waals surface area contributed by atoms with E-state index in [1.165, 1.54) is 11.3 Å². The van der Waals surface area contributed by atoms with Gasteiger partial charge >= 0.3 is 0 Å². The van der Waals surface area contributed by atoms with Gasteiger partial charge in [0.15, 0.2) is 6.04 Å². The van der Waals surface area contributed by atoms with E-state index in [0.29, 0.717) is 43.2 Å². The van der Waals surface area contributed by atoms with E-state index in [4.69, 9.17) is 0 Å². The molecule has 28 heavy (non-hydrogen) atoms. The van der Waals surface area contributed by atoms with Gasteiger partial charge in [0.05, 0.1) is 31.1 Å². The van der Waals surface area contributed by atoms with E-state index >= 15 is 0 Å². The molecule has 0 radical (unpaired) electrons. The van der Waals surface area contributed by atoms with Gasteiger partial charge in [0.2, 0.25) is 10.0 Å². The number of benzene rings is 1. The van der Waals surface area contributed by atoms with Crippen molar-refractivity contribution in [2.24, 2.45) is 0 Å². The molecule has 1 aromatic rings.